The zero-order valence-electron chi connectivity index (χ0n) is 22.1. The number of amides is 1. The van der Waals surface area contributed by atoms with E-state index in [-0.39, 0.29) is 17.4 Å². The minimum atomic E-state index is -4.50. The molecule has 0 bridgehead atoms. The highest BCUT2D eigenvalue weighted by Crippen LogP contribution is 2.35. The molecule has 3 aromatic heterocycles. The molecule has 0 saturated carbocycles. The molecule has 0 unspecified atom stereocenters. The number of nitrogens with zero attached hydrogens (tertiary/aromatic N) is 5. The molecular formula is C31H23F3N6O2. The van der Waals surface area contributed by atoms with E-state index in [1.807, 2.05) is 24.3 Å². The molecule has 1 saturated heterocycles. The van der Waals surface area contributed by atoms with Gasteiger partial charge in [0.1, 0.15) is 11.5 Å². The molecule has 1 N–H and O–H groups in total. The van der Waals surface area contributed by atoms with Gasteiger partial charge in [0.2, 0.25) is 0 Å². The van der Waals surface area contributed by atoms with Crippen LogP contribution < -0.4 is 5.32 Å². The van der Waals surface area contributed by atoms with Crippen LogP contribution >= 0.6 is 0 Å². The van der Waals surface area contributed by atoms with Crippen molar-refractivity contribution in [2.75, 3.05) is 31.6 Å². The highest BCUT2D eigenvalue weighted by Gasteiger charge is 2.33. The Morgan fingerprint density at radius 1 is 0.929 bits per heavy atom. The second-order valence-electron chi connectivity index (χ2n) is 9.46. The molecule has 11 heteroatoms. The van der Waals surface area contributed by atoms with E-state index in [2.05, 4.69) is 27.1 Å². The molecule has 8 nitrogen and oxygen atoms in total. The highest BCUT2D eigenvalue weighted by atomic mass is 19.4. The topological polar surface area (TPSA) is 84.7 Å². The molecule has 6 rings (SSSR count). The number of nitrogens with one attached hydrogen (secondary N) is 1. The minimum Gasteiger partial charge on any atom is -0.378 e. The molecule has 1 aliphatic rings. The van der Waals surface area contributed by atoms with Gasteiger partial charge in [-0.3, -0.25) is 4.79 Å². The van der Waals surface area contributed by atoms with Gasteiger partial charge < -0.3 is 15.0 Å². The maximum atomic E-state index is 13.4. The first kappa shape index (κ1) is 27.0. The predicted octanol–water partition coefficient (Wildman–Crippen LogP) is 5.43. The lowest BCUT2D eigenvalue weighted by Gasteiger charge is -2.26. The van der Waals surface area contributed by atoms with Gasteiger partial charge in [0.05, 0.1) is 36.4 Å². The maximum absolute atomic E-state index is 13.4. The van der Waals surface area contributed by atoms with E-state index < -0.39 is 11.7 Å². The Balaban J connectivity index is 1.22. The normalized spacial score (nSPS) is 13.5. The smallest absolute Gasteiger partial charge is 0.378 e. The summed E-state index contributed by atoms with van der Waals surface area (Å²) in [6, 6.07) is 19.4. The van der Waals surface area contributed by atoms with Crippen molar-refractivity contribution >= 4 is 23.1 Å². The van der Waals surface area contributed by atoms with Crippen molar-refractivity contribution in [3.05, 3.63) is 108 Å². The average Bonchev–Trinajstić information content (AvgIpc) is 3.42. The number of imidazole rings is 1. The third-order valence-electron chi connectivity index (χ3n) is 6.68. The van der Waals surface area contributed by atoms with E-state index in [0.29, 0.717) is 54.5 Å². The third kappa shape index (κ3) is 5.80. The van der Waals surface area contributed by atoms with Crippen molar-refractivity contribution < 1.29 is 22.7 Å². The van der Waals surface area contributed by atoms with Crippen molar-refractivity contribution in [3.63, 3.8) is 0 Å². The Hall–Kier alpha value is -5.21. The fourth-order valence-corrected chi connectivity index (χ4v) is 4.54. The van der Waals surface area contributed by atoms with Crippen LogP contribution in [-0.2, 0) is 10.9 Å². The molecule has 1 amide bonds. The Kier molecular flexibility index (Phi) is 7.29. The van der Waals surface area contributed by atoms with Crippen LogP contribution in [0.2, 0.25) is 0 Å². The summed E-state index contributed by atoms with van der Waals surface area (Å²) >= 11 is 0. The summed E-state index contributed by atoms with van der Waals surface area (Å²) in [6.45, 7) is 2.23. The van der Waals surface area contributed by atoms with Gasteiger partial charge in [-0.05, 0) is 54.5 Å². The quantitative estimate of drug-likeness (QED) is 0.291. The number of carbonyl (C=O) groups excluding carboxylic acids is 1. The van der Waals surface area contributed by atoms with Gasteiger partial charge in [0.25, 0.3) is 5.91 Å². The number of pyridine rings is 1. The number of anilines is 2. The number of hydrogen-bond donors (Lipinski definition) is 1. The van der Waals surface area contributed by atoms with Gasteiger partial charge in [0.15, 0.2) is 5.65 Å². The van der Waals surface area contributed by atoms with E-state index in [0.717, 1.165) is 11.6 Å². The van der Waals surface area contributed by atoms with Crippen molar-refractivity contribution in [2.24, 2.45) is 0 Å². The van der Waals surface area contributed by atoms with E-state index in [4.69, 9.17) is 9.84 Å². The number of carbonyl (C=O) groups is 1. The second kappa shape index (κ2) is 11.3. The van der Waals surface area contributed by atoms with E-state index in [1.54, 1.807) is 39.9 Å². The minimum absolute atomic E-state index is 0.0283. The SMILES string of the molecule is O=C(c1ccc(-c2ccc3ncc(C#Cc4ccnc(Nc5ccccc5C(F)(F)F)c4)n3n2)cc1)N1CCOCC1. The lowest BCUT2D eigenvalue weighted by atomic mass is 10.1. The number of ether oxygens (including phenoxy) is 1. The molecular weight excluding hydrogens is 545 g/mol. The largest absolute Gasteiger partial charge is 0.418 e. The Morgan fingerprint density at radius 3 is 2.50 bits per heavy atom. The number of para-hydroxylation sites is 1. The zero-order chi connectivity index (χ0) is 29.1. The van der Waals surface area contributed by atoms with Gasteiger partial charge in [-0.15, -0.1) is 0 Å². The van der Waals surface area contributed by atoms with Crippen LogP contribution in [0.5, 0.6) is 0 Å². The molecule has 0 spiro atoms. The standard InChI is InChI=1S/C31H23F3N6O2/c32-31(33,34)25-3-1-2-4-27(25)37-28-19-21(13-14-35-28)5-10-24-20-36-29-12-11-26(38-40(24)29)22-6-8-23(9-7-22)30(41)39-15-17-42-18-16-39/h1-4,6-9,11-14,19-20H,15-18H2,(H,35,37). The monoisotopic (exact) mass is 568 g/mol. The van der Waals surface area contributed by atoms with E-state index in [1.165, 1.54) is 24.4 Å². The molecule has 0 radical (unpaired) electrons. The van der Waals surface area contributed by atoms with Crippen molar-refractivity contribution in [2.45, 2.75) is 6.18 Å². The summed E-state index contributed by atoms with van der Waals surface area (Å²) in [4.78, 5) is 23.0. The molecule has 2 aromatic carbocycles. The fraction of sp³-hybridized carbons (Fsp3) is 0.161. The fourth-order valence-electron chi connectivity index (χ4n) is 4.54. The van der Waals surface area contributed by atoms with Crippen molar-refractivity contribution in [1.82, 2.24) is 24.5 Å². The molecule has 4 heterocycles. The van der Waals surface area contributed by atoms with Crippen LogP contribution in [0.1, 0.15) is 27.2 Å². The van der Waals surface area contributed by atoms with Gasteiger partial charge in [-0.2, -0.15) is 18.3 Å². The van der Waals surface area contributed by atoms with Crippen molar-refractivity contribution in [1.29, 1.82) is 0 Å². The van der Waals surface area contributed by atoms with Gasteiger partial charge >= 0.3 is 6.18 Å². The van der Waals surface area contributed by atoms with Gasteiger partial charge in [-0.1, -0.05) is 30.2 Å². The molecule has 1 aliphatic heterocycles. The van der Waals surface area contributed by atoms with E-state index in [9.17, 15) is 18.0 Å². The summed E-state index contributed by atoms with van der Waals surface area (Å²) in [5, 5.41) is 7.44. The Bertz CT molecular complexity index is 1820. The number of rotatable bonds is 4. The lowest BCUT2D eigenvalue weighted by Crippen LogP contribution is -2.40. The van der Waals surface area contributed by atoms with Crippen LogP contribution in [0.4, 0.5) is 24.7 Å². The van der Waals surface area contributed by atoms with Crippen LogP contribution in [-0.4, -0.2) is 56.7 Å². The summed E-state index contributed by atoms with van der Waals surface area (Å²) in [5.41, 5.74) is 2.89. The number of benzene rings is 2. The first-order chi connectivity index (χ1) is 20.3. The number of halogens is 3. The maximum Gasteiger partial charge on any atom is 0.418 e. The predicted molar refractivity (Wildman–Crippen MR) is 150 cm³/mol. The van der Waals surface area contributed by atoms with Crippen LogP contribution in [0.3, 0.4) is 0 Å². The number of aromatic nitrogens is 4. The van der Waals surface area contributed by atoms with Gasteiger partial charge in [0, 0.05) is 36.0 Å². The average molecular weight is 569 g/mol. The zero-order valence-corrected chi connectivity index (χ0v) is 22.1. The lowest BCUT2D eigenvalue weighted by molar-refractivity contribution is -0.136. The summed E-state index contributed by atoms with van der Waals surface area (Å²) in [7, 11) is 0. The van der Waals surface area contributed by atoms with E-state index >= 15 is 0 Å². The summed E-state index contributed by atoms with van der Waals surface area (Å²) in [5.74, 6) is 6.26. The first-order valence-electron chi connectivity index (χ1n) is 13.1. The van der Waals surface area contributed by atoms with Gasteiger partial charge in [-0.25, -0.2) is 14.5 Å². The number of alkyl halides is 3. The molecule has 0 atom stereocenters. The summed E-state index contributed by atoms with van der Waals surface area (Å²) in [6.07, 6.45) is -1.43. The molecule has 42 heavy (non-hydrogen) atoms. The Morgan fingerprint density at radius 2 is 1.71 bits per heavy atom. The molecule has 5 aromatic rings. The highest BCUT2D eigenvalue weighted by molar-refractivity contribution is 5.94. The second-order valence-corrected chi connectivity index (χ2v) is 9.46. The Labute approximate surface area is 238 Å². The van der Waals surface area contributed by atoms with Crippen molar-refractivity contribution in [3.8, 4) is 23.1 Å². The summed E-state index contributed by atoms with van der Waals surface area (Å²) < 4.78 is 47.1. The number of hydrogen-bond acceptors (Lipinski definition) is 6. The molecule has 1 fully saturated rings. The molecule has 210 valence electrons. The number of fused-ring (bicyclic) bond motifs is 1. The van der Waals surface area contributed by atoms with Crippen LogP contribution in [0.25, 0.3) is 16.9 Å². The number of morpholine rings is 1. The van der Waals surface area contributed by atoms with Crippen LogP contribution in [0, 0.1) is 11.8 Å². The molecule has 0 aliphatic carbocycles. The van der Waals surface area contributed by atoms with Crippen LogP contribution in [0.15, 0.2) is 85.2 Å². The third-order valence-corrected chi connectivity index (χ3v) is 6.68. The first-order valence-corrected chi connectivity index (χ1v) is 13.1.